The number of nitrogens with zero attached hydrogens (tertiary/aromatic N) is 5. The second-order valence-corrected chi connectivity index (χ2v) is 8.49. The van der Waals surface area contributed by atoms with Gasteiger partial charge in [0.1, 0.15) is 11.9 Å². The summed E-state index contributed by atoms with van der Waals surface area (Å²) >= 11 is 0. The first kappa shape index (κ1) is 18.6. The first-order valence-electron chi connectivity index (χ1n) is 8.77. The molecule has 1 fully saturated rings. The summed E-state index contributed by atoms with van der Waals surface area (Å²) < 4.78 is 34.5. The van der Waals surface area contributed by atoms with Gasteiger partial charge in [0, 0.05) is 38.1 Å². The van der Waals surface area contributed by atoms with Gasteiger partial charge in [0.2, 0.25) is 0 Å². The van der Waals surface area contributed by atoms with Crippen molar-refractivity contribution in [1.82, 2.24) is 29.0 Å². The first-order valence-corrected chi connectivity index (χ1v) is 10.2. The third kappa shape index (κ3) is 3.77. The summed E-state index contributed by atoms with van der Waals surface area (Å²) in [5.41, 5.74) is 1.59. The molecule has 1 aliphatic heterocycles. The Bertz CT molecular complexity index is 1080. The van der Waals surface area contributed by atoms with Gasteiger partial charge >= 0.3 is 0 Å². The number of rotatable bonds is 5. The fourth-order valence-corrected chi connectivity index (χ4v) is 4.38. The van der Waals surface area contributed by atoms with E-state index < -0.39 is 16.1 Å². The number of nitrogens with one attached hydrogen (secondary N) is 2. The quantitative estimate of drug-likeness (QED) is 0.660. The maximum atomic E-state index is 12.8. The highest BCUT2D eigenvalue weighted by atomic mass is 32.2. The van der Waals surface area contributed by atoms with Gasteiger partial charge in [0.25, 0.3) is 10.0 Å². The number of aromatic nitrogens is 5. The van der Waals surface area contributed by atoms with Crippen molar-refractivity contribution in [3.8, 4) is 0 Å². The highest BCUT2D eigenvalue weighted by Gasteiger charge is 2.33. The summed E-state index contributed by atoms with van der Waals surface area (Å²) in [6, 6.07) is 7.35. The average molecular weight is 403 g/mol. The monoisotopic (exact) mass is 403 g/mol. The maximum absolute atomic E-state index is 12.8. The summed E-state index contributed by atoms with van der Waals surface area (Å²) in [4.78, 5) is 8.54. The Labute approximate surface area is 162 Å². The third-order valence-electron chi connectivity index (χ3n) is 4.38. The SMILES string of the molecule is Cc1cc(Nc2cccc([C@H]3CN(S(=O)(=O)c4cn(C)cn4)CCO3)n2)n[nH]1. The summed E-state index contributed by atoms with van der Waals surface area (Å²) in [7, 11) is -1.94. The van der Waals surface area contributed by atoms with Gasteiger partial charge < -0.3 is 14.6 Å². The van der Waals surface area contributed by atoms with Gasteiger partial charge in [-0.1, -0.05) is 6.07 Å². The van der Waals surface area contributed by atoms with E-state index in [9.17, 15) is 8.42 Å². The van der Waals surface area contributed by atoms with Gasteiger partial charge in [-0.25, -0.2) is 18.4 Å². The minimum absolute atomic E-state index is 0.0351. The molecule has 0 spiro atoms. The van der Waals surface area contributed by atoms with Crippen LogP contribution in [-0.4, -0.2) is 57.2 Å². The first-order chi connectivity index (χ1) is 13.4. The van der Waals surface area contributed by atoms with Crippen molar-refractivity contribution >= 4 is 21.7 Å². The van der Waals surface area contributed by atoms with Crippen LogP contribution in [0.3, 0.4) is 0 Å². The zero-order chi connectivity index (χ0) is 19.7. The number of ether oxygens (including phenoxy) is 1. The second-order valence-electron chi connectivity index (χ2n) is 6.61. The molecule has 3 aromatic heterocycles. The van der Waals surface area contributed by atoms with Crippen molar-refractivity contribution in [2.45, 2.75) is 18.1 Å². The Morgan fingerprint density at radius 1 is 1.32 bits per heavy atom. The molecule has 3 aromatic rings. The lowest BCUT2D eigenvalue weighted by Gasteiger charge is -2.31. The molecule has 148 valence electrons. The molecule has 2 N–H and O–H groups in total. The van der Waals surface area contributed by atoms with Crippen molar-refractivity contribution in [3.63, 3.8) is 0 Å². The van der Waals surface area contributed by atoms with Crippen molar-refractivity contribution in [1.29, 1.82) is 0 Å². The lowest BCUT2D eigenvalue weighted by Crippen LogP contribution is -2.42. The van der Waals surface area contributed by atoms with Crippen LogP contribution < -0.4 is 5.32 Å². The number of hydrogen-bond acceptors (Lipinski definition) is 7. The predicted octanol–water partition coefficient (Wildman–Crippen LogP) is 1.35. The number of aryl methyl sites for hydroxylation is 2. The van der Waals surface area contributed by atoms with Crippen LogP contribution in [0.4, 0.5) is 11.6 Å². The normalized spacial score (nSPS) is 18.3. The van der Waals surface area contributed by atoms with E-state index in [1.165, 1.54) is 16.8 Å². The molecule has 11 heteroatoms. The number of pyridine rings is 1. The summed E-state index contributed by atoms with van der Waals surface area (Å²) in [5.74, 6) is 1.27. The van der Waals surface area contributed by atoms with Crippen LogP contribution >= 0.6 is 0 Å². The van der Waals surface area contributed by atoms with Crippen molar-refractivity contribution in [2.75, 3.05) is 25.0 Å². The maximum Gasteiger partial charge on any atom is 0.262 e. The molecule has 0 amide bonds. The Kier molecular flexibility index (Phi) is 4.87. The van der Waals surface area contributed by atoms with Crippen LogP contribution in [0.25, 0.3) is 0 Å². The van der Waals surface area contributed by atoms with E-state index in [0.717, 1.165) is 5.69 Å². The molecule has 0 bridgehead atoms. The molecule has 1 aliphatic rings. The minimum Gasteiger partial charge on any atom is -0.369 e. The van der Waals surface area contributed by atoms with E-state index in [1.54, 1.807) is 11.6 Å². The zero-order valence-corrected chi connectivity index (χ0v) is 16.3. The molecule has 0 radical (unpaired) electrons. The lowest BCUT2D eigenvalue weighted by atomic mass is 10.2. The van der Waals surface area contributed by atoms with Crippen LogP contribution in [0.2, 0.25) is 0 Å². The number of imidazole rings is 1. The topological polar surface area (TPSA) is 118 Å². The van der Waals surface area contributed by atoms with Crippen molar-refractivity contribution < 1.29 is 13.2 Å². The van der Waals surface area contributed by atoms with Crippen molar-refractivity contribution in [2.24, 2.45) is 7.05 Å². The molecule has 10 nitrogen and oxygen atoms in total. The Hall–Kier alpha value is -2.76. The van der Waals surface area contributed by atoms with E-state index in [1.807, 2.05) is 31.2 Å². The van der Waals surface area contributed by atoms with E-state index in [2.05, 4.69) is 25.5 Å². The van der Waals surface area contributed by atoms with Gasteiger partial charge in [-0.2, -0.15) is 9.40 Å². The highest BCUT2D eigenvalue weighted by molar-refractivity contribution is 7.89. The zero-order valence-electron chi connectivity index (χ0n) is 15.5. The summed E-state index contributed by atoms with van der Waals surface area (Å²) in [5, 5.41) is 10.1. The number of morpholine rings is 1. The predicted molar refractivity (Wildman–Crippen MR) is 102 cm³/mol. The molecular formula is C17H21N7O3S. The number of sulfonamides is 1. The number of aromatic amines is 1. The van der Waals surface area contributed by atoms with E-state index >= 15 is 0 Å². The minimum atomic E-state index is -3.67. The number of hydrogen-bond donors (Lipinski definition) is 2. The van der Waals surface area contributed by atoms with Crippen molar-refractivity contribution in [3.05, 3.63) is 48.2 Å². The molecule has 0 saturated carbocycles. The molecule has 4 rings (SSSR count). The van der Waals surface area contributed by atoms with E-state index in [4.69, 9.17) is 4.74 Å². The van der Waals surface area contributed by atoms with Gasteiger partial charge in [-0.15, -0.1) is 0 Å². The molecular weight excluding hydrogens is 382 g/mol. The van der Waals surface area contributed by atoms with Crippen LogP contribution in [0.1, 0.15) is 17.5 Å². The van der Waals surface area contributed by atoms with Crippen LogP contribution in [0, 0.1) is 6.92 Å². The average Bonchev–Trinajstić information content (AvgIpc) is 3.31. The molecule has 28 heavy (non-hydrogen) atoms. The van der Waals surface area contributed by atoms with Crippen LogP contribution in [0.5, 0.6) is 0 Å². The summed E-state index contributed by atoms with van der Waals surface area (Å²) in [6.45, 7) is 2.65. The summed E-state index contributed by atoms with van der Waals surface area (Å²) in [6.07, 6.45) is 2.50. The molecule has 0 unspecified atom stereocenters. The smallest absolute Gasteiger partial charge is 0.262 e. The third-order valence-corrected chi connectivity index (χ3v) is 6.13. The largest absolute Gasteiger partial charge is 0.369 e. The molecule has 0 aliphatic carbocycles. The molecule has 4 heterocycles. The fourth-order valence-electron chi connectivity index (χ4n) is 2.99. The highest BCUT2D eigenvalue weighted by Crippen LogP contribution is 2.26. The molecule has 1 atom stereocenters. The number of H-pyrrole nitrogens is 1. The van der Waals surface area contributed by atoms with E-state index in [-0.39, 0.29) is 24.7 Å². The van der Waals surface area contributed by atoms with Gasteiger partial charge in [-0.05, 0) is 19.1 Å². The van der Waals surface area contributed by atoms with Crippen LogP contribution in [0.15, 0.2) is 41.8 Å². The Balaban J connectivity index is 1.52. The molecule has 1 saturated heterocycles. The molecule has 0 aromatic carbocycles. The number of anilines is 2. The second kappa shape index (κ2) is 7.34. The van der Waals surface area contributed by atoms with Gasteiger partial charge in [-0.3, -0.25) is 5.10 Å². The van der Waals surface area contributed by atoms with Crippen LogP contribution in [-0.2, 0) is 21.8 Å². The van der Waals surface area contributed by atoms with Gasteiger partial charge in [0.15, 0.2) is 10.8 Å². The standard InChI is InChI=1S/C17H21N7O3S/c1-12-8-16(22-21-12)20-15-5-3-4-13(19-15)14-9-24(6-7-27-14)28(25,26)17-10-23(2)11-18-17/h3-5,8,10-11,14H,6-7,9H2,1-2H3,(H2,19,20,21,22)/t14-/m1/s1. The Morgan fingerprint density at radius 3 is 2.89 bits per heavy atom. The van der Waals surface area contributed by atoms with E-state index in [0.29, 0.717) is 17.3 Å². The Morgan fingerprint density at radius 2 is 2.18 bits per heavy atom. The lowest BCUT2D eigenvalue weighted by molar-refractivity contribution is -0.00492. The fraction of sp³-hybridized carbons (Fsp3) is 0.353. The van der Waals surface area contributed by atoms with Gasteiger partial charge in [0.05, 0.1) is 18.6 Å².